The Kier molecular flexibility index (Phi) is 4.62. The minimum Gasteiger partial charge on any atom is -0.381 e. The summed E-state index contributed by atoms with van der Waals surface area (Å²) in [4.78, 5) is 39.6. The molecule has 7 heteroatoms. The zero-order chi connectivity index (χ0) is 17.3. The molecule has 0 aromatic heterocycles. The summed E-state index contributed by atoms with van der Waals surface area (Å²) in [6.45, 7) is 2.33. The standard InChI is InChI=1S/C17H19FN2O4/c1-11-16(22)19(9-15(21)12-3-2-8-24-10-12)17(23)20(11)14-6-4-13(18)5-7-14/h4-7,11-12H,2-3,8-10H2,1H3. The number of nitrogens with zero attached hydrogens (tertiary/aromatic N) is 2. The van der Waals surface area contributed by atoms with Crippen LogP contribution >= 0.6 is 0 Å². The molecule has 2 unspecified atom stereocenters. The highest BCUT2D eigenvalue weighted by Crippen LogP contribution is 2.26. The first-order chi connectivity index (χ1) is 11.5. The first kappa shape index (κ1) is 16.6. The van der Waals surface area contributed by atoms with Crippen LogP contribution in [0.4, 0.5) is 14.9 Å². The summed E-state index contributed by atoms with van der Waals surface area (Å²) in [7, 11) is 0. The minimum absolute atomic E-state index is 0.162. The van der Waals surface area contributed by atoms with Crippen LogP contribution in [-0.2, 0) is 14.3 Å². The fourth-order valence-corrected chi connectivity index (χ4v) is 3.09. The number of hydrogen-bond donors (Lipinski definition) is 0. The van der Waals surface area contributed by atoms with Crippen molar-refractivity contribution in [2.75, 3.05) is 24.7 Å². The number of Topliss-reactive ketones (excluding diaryl/α,β-unsaturated/α-hetero) is 1. The van der Waals surface area contributed by atoms with E-state index in [1.165, 1.54) is 29.2 Å². The number of amides is 3. The minimum atomic E-state index is -0.724. The Morgan fingerprint density at radius 3 is 2.62 bits per heavy atom. The number of hydrogen-bond acceptors (Lipinski definition) is 4. The van der Waals surface area contributed by atoms with Gasteiger partial charge in [-0.25, -0.2) is 9.18 Å². The first-order valence-electron chi connectivity index (χ1n) is 7.99. The van der Waals surface area contributed by atoms with Gasteiger partial charge in [-0.2, -0.15) is 0 Å². The molecule has 0 saturated carbocycles. The molecule has 2 aliphatic rings. The summed E-state index contributed by atoms with van der Waals surface area (Å²) in [5.41, 5.74) is 0.429. The lowest BCUT2D eigenvalue weighted by Gasteiger charge is -2.23. The number of carbonyl (C=O) groups excluding carboxylic acids is 3. The van der Waals surface area contributed by atoms with E-state index in [2.05, 4.69) is 0 Å². The quantitative estimate of drug-likeness (QED) is 0.790. The highest BCUT2D eigenvalue weighted by molar-refractivity contribution is 6.15. The highest BCUT2D eigenvalue weighted by atomic mass is 19.1. The van der Waals surface area contributed by atoms with Crippen LogP contribution in [0.5, 0.6) is 0 Å². The van der Waals surface area contributed by atoms with Crippen LogP contribution in [0.25, 0.3) is 0 Å². The van der Waals surface area contributed by atoms with Gasteiger partial charge in [-0.1, -0.05) is 0 Å². The van der Waals surface area contributed by atoms with Gasteiger partial charge in [-0.05, 0) is 44.0 Å². The molecule has 6 nitrogen and oxygen atoms in total. The van der Waals surface area contributed by atoms with Crippen molar-refractivity contribution in [1.29, 1.82) is 0 Å². The number of halogens is 1. The average molecular weight is 334 g/mol. The molecule has 0 radical (unpaired) electrons. The molecule has 128 valence electrons. The number of anilines is 1. The molecule has 0 aliphatic carbocycles. The Bertz CT molecular complexity index is 655. The van der Waals surface area contributed by atoms with E-state index in [0.29, 0.717) is 25.3 Å². The van der Waals surface area contributed by atoms with Crippen molar-refractivity contribution in [3.63, 3.8) is 0 Å². The SMILES string of the molecule is CC1C(=O)N(CC(=O)C2CCCOC2)C(=O)N1c1ccc(F)cc1. The Balaban J connectivity index is 1.75. The van der Waals surface area contributed by atoms with Gasteiger partial charge in [-0.3, -0.25) is 19.4 Å². The predicted octanol–water partition coefficient (Wildman–Crippen LogP) is 1.98. The summed E-state index contributed by atoms with van der Waals surface area (Å²) in [6.07, 6.45) is 1.52. The van der Waals surface area contributed by atoms with E-state index in [-0.39, 0.29) is 18.2 Å². The van der Waals surface area contributed by atoms with Crippen LogP contribution in [0.2, 0.25) is 0 Å². The molecule has 2 atom stereocenters. The second-order valence-corrected chi connectivity index (χ2v) is 6.11. The zero-order valence-electron chi connectivity index (χ0n) is 13.4. The third kappa shape index (κ3) is 3.03. The number of urea groups is 1. The fraction of sp³-hybridized carbons (Fsp3) is 0.471. The van der Waals surface area contributed by atoms with Crippen molar-refractivity contribution in [2.24, 2.45) is 5.92 Å². The van der Waals surface area contributed by atoms with Gasteiger partial charge in [0, 0.05) is 18.2 Å². The summed E-state index contributed by atoms with van der Waals surface area (Å²) in [5, 5.41) is 0. The lowest BCUT2D eigenvalue weighted by Crippen LogP contribution is -2.40. The Labute approximate surface area is 139 Å². The molecule has 2 aliphatic heterocycles. The molecule has 0 spiro atoms. The van der Waals surface area contributed by atoms with Gasteiger partial charge in [0.15, 0.2) is 5.78 Å². The average Bonchev–Trinajstić information content (AvgIpc) is 2.80. The van der Waals surface area contributed by atoms with E-state index in [4.69, 9.17) is 4.74 Å². The number of rotatable bonds is 4. The summed E-state index contributed by atoms with van der Waals surface area (Å²) in [6, 6.07) is 4.07. The van der Waals surface area contributed by atoms with Crippen molar-refractivity contribution in [3.05, 3.63) is 30.1 Å². The molecule has 1 aromatic carbocycles. The van der Waals surface area contributed by atoms with Gasteiger partial charge in [0.2, 0.25) is 0 Å². The van der Waals surface area contributed by atoms with Gasteiger partial charge < -0.3 is 4.74 Å². The van der Waals surface area contributed by atoms with E-state index in [9.17, 15) is 18.8 Å². The molecule has 2 saturated heterocycles. The lowest BCUT2D eigenvalue weighted by molar-refractivity contribution is -0.134. The van der Waals surface area contributed by atoms with E-state index in [1.54, 1.807) is 6.92 Å². The van der Waals surface area contributed by atoms with E-state index < -0.39 is 23.8 Å². The van der Waals surface area contributed by atoms with Gasteiger partial charge in [0.25, 0.3) is 5.91 Å². The van der Waals surface area contributed by atoms with Crippen molar-refractivity contribution >= 4 is 23.4 Å². The summed E-state index contributed by atoms with van der Waals surface area (Å²) >= 11 is 0. The summed E-state index contributed by atoms with van der Waals surface area (Å²) < 4.78 is 18.4. The molecular formula is C17H19FN2O4. The number of imide groups is 1. The van der Waals surface area contributed by atoms with Crippen LogP contribution in [-0.4, -0.2) is 48.4 Å². The number of carbonyl (C=O) groups is 3. The van der Waals surface area contributed by atoms with Crippen LogP contribution < -0.4 is 4.90 Å². The highest BCUT2D eigenvalue weighted by Gasteiger charge is 2.44. The normalized spacial score (nSPS) is 24.6. The summed E-state index contributed by atoms with van der Waals surface area (Å²) in [5.74, 6) is -1.28. The van der Waals surface area contributed by atoms with Crippen LogP contribution in [0.15, 0.2) is 24.3 Å². The molecule has 2 fully saturated rings. The lowest BCUT2D eigenvalue weighted by atomic mass is 9.97. The second-order valence-electron chi connectivity index (χ2n) is 6.11. The van der Waals surface area contributed by atoms with Crippen molar-refractivity contribution in [2.45, 2.75) is 25.8 Å². The molecule has 1 aromatic rings. The third-order valence-corrected chi connectivity index (χ3v) is 4.48. The maximum absolute atomic E-state index is 13.1. The molecule has 0 bridgehead atoms. The largest absolute Gasteiger partial charge is 0.381 e. The topological polar surface area (TPSA) is 66.9 Å². The molecule has 24 heavy (non-hydrogen) atoms. The fourth-order valence-electron chi connectivity index (χ4n) is 3.09. The van der Waals surface area contributed by atoms with Crippen LogP contribution in [0, 0.1) is 11.7 Å². The van der Waals surface area contributed by atoms with Crippen LogP contribution in [0.3, 0.4) is 0 Å². The molecule has 3 rings (SSSR count). The van der Waals surface area contributed by atoms with Crippen molar-refractivity contribution < 1.29 is 23.5 Å². The molecule has 2 heterocycles. The third-order valence-electron chi connectivity index (χ3n) is 4.48. The number of benzene rings is 1. The Hall–Kier alpha value is -2.28. The maximum atomic E-state index is 13.1. The Morgan fingerprint density at radius 1 is 1.29 bits per heavy atom. The van der Waals surface area contributed by atoms with Gasteiger partial charge in [0.1, 0.15) is 11.9 Å². The van der Waals surface area contributed by atoms with Gasteiger partial charge in [0.05, 0.1) is 13.2 Å². The van der Waals surface area contributed by atoms with Crippen LogP contribution in [0.1, 0.15) is 19.8 Å². The van der Waals surface area contributed by atoms with Crippen molar-refractivity contribution in [1.82, 2.24) is 4.90 Å². The number of ketones is 1. The van der Waals surface area contributed by atoms with Gasteiger partial charge in [-0.15, -0.1) is 0 Å². The number of ether oxygens (including phenoxy) is 1. The van der Waals surface area contributed by atoms with E-state index in [0.717, 1.165) is 11.3 Å². The van der Waals surface area contributed by atoms with E-state index >= 15 is 0 Å². The monoisotopic (exact) mass is 334 g/mol. The molecule has 3 amide bonds. The zero-order valence-corrected chi connectivity index (χ0v) is 13.4. The Morgan fingerprint density at radius 2 is 2.00 bits per heavy atom. The predicted molar refractivity (Wildman–Crippen MR) is 84.0 cm³/mol. The first-order valence-corrected chi connectivity index (χ1v) is 7.99. The molecular weight excluding hydrogens is 315 g/mol. The maximum Gasteiger partial charge on any atom is 0.332 e. The van der Waals surface area contributed by atoms with Crippen molar-refractivity contribution in [3.8, 4) is 0 Å². The molecule has 0 N–H and O–H groups in total. The van der Waals surface area contributed by atoms with Gasteiger partial charge >= 0.3 is 6.03 Å². The smallest absolute Gasteiger partial charge is 0.332 e. The second kappa shape index (κ2) is 6.68. The van der Waals surface area contributed by atoms with E-state index in [1.807, 2.05) is 0 Å².